The number of hydrogen-bond acceptors (Lipinski definition) is 17. The van der Waals surface area contributed by atoms with Crippen molar-refractivity contribution in [2.45, 2.75) is 106 Å². The van der Waals surface area contributed by atoms with E-state index in [2.05, 4.69) is 20.7 Å². The Labute approximate surface area is 324 Å². The molecular formula is C35H55N5O16. The number of esters is 1. The van der Waals surface area contributed by atoms with Crippen LogP contribution in [-0.4, -0.2) is 171 Å². The van der Waals surface area contributed by atoms with Gasteiger partial charge in [0.2, 0.25) is 11.8 Å². The van der Waals surface area contributed by atoms with E-state index in [4.69, 9.17) is 43.4 Å². The van der Waals surface area contributed by atoms with Crippen molar-refractivity contribution in [1.82, 2.24) is 10.6 Å². The Morgan fingerprint density at radius 3 is 2.27 bits per heavy atom. The van der Waals surface area contributed by atoms with Gasteiger partial charge in [0.15, 0.2) is 12.6 Å². The quantitative estimate of drug-likeness (QED) is 0.0208. The number of azide groups is 1. The van der Waals surface area contributed by atoms with Gasteiger partial charge in [0.05, 0.1) is 26.4 Å². The van der Waals surface area contributed by atoms with E-state index in [-0.39, 0.29) is 45.1 Å². The fourth-order valence-corrected chi connectivity index (χ4v) is 5.91. The molecule has 21 heteroatoms. The van der Waals surface area contributed by atoms with Crippen molar-refractivity contribution in [3.05, 3.63) is 40.3 Å². The Morgan fingerprint density at radius 1 is 0.875 bits per heavy atom. The van der Waals surface area contributed by atoms with Gasteiger partial charge in [0.25, 0.3) is 0 Å². The van der Waals surface area contributed by atoms with Crippen LogP contribution in [0.3, 0.4) is 0 Å². The molecule has 0 spiro atoms. The highest BCUT2D eigenvalue weighted by molar-refractivity contribution is 5.84. The van der Waals surface area contributed by atoms with E-state index in [1.165, 1.54) is 14.2 Å². The molecule has 0 radical (unpaired) electrons. The van der Waals surface area contributed by atoms with Gasteiger partial charge in [-0.1, -0.05) is 23.7 Å². The van der Waals surface area contributed by atoms with Crippen molar-refractivity contribution in [3.63, 3.8) is 0 Å². The van der Waals surface area contributed by atoms with E-state index in [1.54, 1.807) is 31.2 Å². The van der Waals surface area contributed by atoms with Crippen LogP contribution in [0.1, 0.15) is 38.2 Å². The lowest BCUT2D eigenvalue weighted by Gasteiger charge is -2.43. The summed E-state index contributed by atoms with van der Waals surface area (Å²) in [6.07, 6.45) is -11.6. The summed E-state index contributed by atoms with van der Waals surface area (Å²) in [4.78, 5) is 40.3. The van der Waals surface area contributed by atoms with Crippen LogP contribution >= 0.6 is 0 Å². The molecule has 3 rings (SSSR count). The highest BCUT2D eigenvalue weighted by Crippen LogP contribution is 2.27. The van der Waals surface area contributed by atoms with E-state index >= 15 is 0 Å². The molecule has 0 saturated carbocycles. The van der Waals surface area contributed by atoms with Gasteiger partial charge in [-0.15, -0.1) is 0 Å². The zero-order valence-electron chi connectivity index (χ0n) is 31.7. The number of nitrogens with one attached hydrogen (secondary N) is 2. The Bertz CT molecular complexity index is 1390. The van der Waals surface area contributed by atoms with E-state index < -0.39 is 92.5 Å². The fourth-order valence-electron chi connectivity index (χ4n) is 5.91. The lowest BCUT2D eigenvalue weighted by Crippen LogP contribution is -2.62. The molecule has 56 heavy (non-hydrogen) atoms. The molecule has 316 valence electrons. The Balaban J connectivity index is 1.43. The summed E-state index contributed by atoms with van der Waals surface area (Å²) in [7, 11) is 2.62. The van der Waals surface area contributed by atoms with Gasteiger partial charge in [-0.3, -0.25) is 9.59 Å². The predicted octanol–water partition coefficient (Wildman–Crippen LogP) is -1.41. The number of ether oxygens (including phenoxy) is 8. The van der Waals surface area contributed by atoms with Gasteiger partial charge in [0.1, 0.15) is 73.8 Å². The topological polar surface area (TPSA) is 299 Å². The van der Waals surface area contributed by atoms with Crippen LogP contribution in [-0.2, 0) is 54.0 Å². The molecule has 0 aromatic heterocycles. The molecule has 0 bridgehead atoms. The number of carbonyl (C=O) groups is 3. The van der Waals surface area contributed by atoms with Crippen LogP contribution in [0.15, 0.2) is 29.4 Å². The van der Waals surface area contributed by atoms with Crippen LogP contribution in [0, 0.1) is 0 Å². The van der Waals surface area contributed by atoms with Gasteiger partial charge in [-0.05, 0) is 43.0 Å². The largest absolute Gasteiger partial charge is 0.492 e. The van der Waals surface area contributed by atoms with Crippen molar-refractivity contribution < 1.29 is 77.8 Å². The number of methoxy groups -OCH3 is 2. The molecule has 7 N–H and O–H groups in total. The summed E-state index contributed by atoms with van der Waals surface area (Å²) in [6, 6.07) is 5.95. The van der Waals surface area contributed by atoms with Crippen LogP contribution in [0.2, 0.25) is 0 Å². The Kier molecular flexibility index (Phi) is 20.7. The van der Waals surface area contributed by atoms with Crippen LogP contribution < -0.4 is 15.4 Å². The number of aliphatic hydroxyl groups excluding tert-OH is 5. The number of carbonyl (C=O) groups excluding carboxylic acids is 3. The summed E-state index contributed by atoms with van der Waals surface area (Å²) in [5.41, 5.74) is 9.08. The van der Waals surface area contributed by atoms with Gasteiger partial charge in [-0.25, -0.2) is 4.79 Å². The molecular weight excluding hydrogens is 746 g/mol. The standard InChI is InChI=1S/C35H55N5O16/c1-4-51-33(48)22(39-25(41)8-6-5-7-13-38-40-36)16-20-9-11-21(12-10-20)52-15-14-37-26(42)19-53-32-28(44)24(55-34(50-3)31(32)47)18-54-35-30(46)29(45)27(43)23(56-35)17-49-2/h9-12,22-24,27-32,34-35,43-47H,4-8,13-19H2,1-3H3,(H,37,42)(H,39,41)/t22-,23?,24?,27+,28+,29-,30?,31?,32-,34-,35-/m0/s1. The Hall–Kier alpha value is -3.70. The summed E-state index contributed by atoms with van der Waals surface area (Å²) in [5.74, 6) is -0.938. The second kappa shape index (κ2) is 24.8. The minimum absolute atomic E-state index is 0.0786. The van der Waals surface area contributed by atoms with Gasteiger partial charge >= 0.3 is 5.97 Å². The number of nitrogens with zero attached hydrogens (tertiary/aromatic N) is 3. The highest BCUT2D eigenvalue weighted by Gasteiger charge is 2.48. The van der Waals surface area contributed by atoms with Gasteiger partial charge in [-0.2, -0.15) is 0 Å². The molecule has 0 aliphatic carbocycles. The molecule has 4 unspecified atom stereocenters. The average molecular weight is 802 g/mol. The van der Waals surface area contributed by atoms with Crippen molar-refractivity contribution in [2.75, 3.05) is 60.3 Å². The number of hydrogen-bond donors (Lipinski definition) is 7. The normalized spacial score (nSPS) is 28.1. The van der Waals surface area contributed by atoms with Crippen LogP contribution in [0.5, 0.6) is 5.75 Å². The third-order valence-electron chi connectivity index (χ3n) is 8.89. The summed E-state index contributed by atoms with van der Waals surface area (Å²) in [6.45, 7) is 1.28. The zero-order chi connectivity index (χ0) is 41.0. The van der Waals surface area contributed by atoms with Crippen LogP contribution in [0.4, 0.5) is 0 Å². The van der Waals surface area contributed by atoms with Crippen molar-refractivity contribution in [3.8, 4) is 5.75 Å². The van der Waals surface area contributed by atoms with Gasteiger partial charge < -0.3 is 74.1 Å². The maximum Gasteiger partial charge on any atom is 0.328 e. The third-order valence-corrected chi connectivity index (χ3v) is 8.89. The molecule has 2 aliphatic heterocycles. The monoisotopic (exact) mass is 801 g/mol. The molecule has 2 amide bonds. The zero-order valence-corrected chi connectivity index (χ0v) is 31.7. The van der Waals surface area contributed by atoms with Crippen molar-refractivity contribution in [1.29, 1.82) is 0 Å². The molecule has 2 aliphatic rings. The lowest BCUT2D eigenvalue weighted by molar-refractivity contribution is -0.331. The molecule has 2 saturated heterocycles. The van der Waals surface area contributed by atoms with Gasteiger partial charge in [0, 0.05) is 38.5 Å². The molecule has 21 nitrogen and oxygen atoms in total. The van der Waals surface area contributed by atoms with Crippen LogP contribution in [0.25, 0.3) is 10.4 Å². The first-order chi connectivity index (χ1) is 26.9. The van der Waals surface area contributed by atoms with E-state index in [0.717, 1.165) is 5.56 Å². The van der Waals surface area contributed by atoms with E-state index in [9.17, 15) is 39.9 Å². The molecule has 1 aromatic rings. The third kappa shape index (κ3) is 14.7. The minimum atomic E-state index is -1.64. The fraction of sp³-hybridized carbons (Fsp3) is 0.743. The molecule has 2 heterocycles. The first kappa shape index (κ1) is 46.7. The first-order valence-electron chi connectivity index (χ1n) is 18.3. The summed E-state index contributed by atoms with van der Waals surface area (Å²) < 4.78 is 43.2. The molecule has 11 atom stereocenters. The smallest absolute Gasteiger partial charge is 0.328 e. The average Bonchev–Trinajstić information content (AvgIpc) is 3.18. The van der Waals surface area contributed by atoms with E-state index in [0.29, 0.717) is 31.6 Å². The summed E-state index contributed by atoms with van der Waals surface area (Å²) >= 11 is 0. The second-order valence-electron chi connectivity index (χ2n) is 13.0. The number of benzene rings is 1. The second-order valence-corrected chi connectivity index (χ2v) is 13.0. The Morgan fingerprint density at radius 2 is 1.59 bits per heavy atom. The maximum absolute atomic E-state index is 12.6. The number of aliphatic hydroxyl groups is 5. The number of rotatable bonds is 24. The lowest BCUT2D eigenvalue weighted by atomic mass is 9.98. The highest BCUT2D eigenvalue weighted by atomic mass is 16.7. The number of amides is 2. The van der Waals surface area contributed by atoms with E-state index in [1.807, 2.05) is 0 Å². The molecule has 2 fully saturated rings. The molecule has 1 aromatic carbocycles. The first-order valence-corrected chi connectivity index (χ1v) is 18.3. The number of unbranched alkanes of at least 4 members (excludes halogenated alkanes) is 2. The van der Waals surface area contributed by atoms with Crippen molar-refractivity contribution >= 4 is 17.8 Å². The van der Waals surface area contributed by atoms with Crippen molar-refractivity contribution in [2.24, 2.45) is 5.11 Å². The summed E-state index contributed by atoms with van der Waals surface area (Å²) in [5, 5.41) is 61.1. The minimum Gasteiger partial charge on any atom is -0.492 e. The SMILES string of the molecule is CCOC(=O)[C@H](Cc1ccc(OCCNC(=O)CO[C@@H]2C(O)[C@@H](OC)OC(CO[C@H]3OC(COC)[C@@H](O)[C@H](O)C3O)[C@H]2O)cc1)NC(=O)CCCCCN=[N+]=[N-]. The predicted molar refractivity (Wildman–Crippen MR) is 192 cm³/mol. The maximum atomic E-state index is 12.6.